The molecule has 0 radical (unpaired) electrons. The van der Waals surface area contributed by atoms with Crippen LogP contribution in [0.25, 0.3) is 0 Å². The second-order valence-corrected chi connectivity index (χ2v) is 6.47. The highest BCUT2D eigenvalue weighted by Gasteiger charge is 2.32. The van der Waals surface area contributed by atoms with Crippen molar-refractivity contribution in [2.45, 2.75) is 37.8 Å². The third kappa shape index (κ3) is 4.11. The maximum absolute atomic E-state index is 12.1. The molecular formula is C15H19ClN4O3. The first-order chi connectivity index (χ1) is 11.0. The molecule has 2 N–H and O–H groups in total. The molecule has 1 saturated carbocycles. The van der Waals surface area contributed by atoms with Gasteiger partial charge in [-0.1, -0.05) is 11.6 Å². The number of urea groups is 1. The minimum atomic E-state index is -0.524. The number of carbonyl (C=O) groups is 1. The summed E-state index contributed by atoms with van der Waals surface area (Å²) >= 11 is 5.97. The fourth-order valence-electron chi connectivity index (χ4n) is 2.91. The van der Waals surface area contributed by atoms with Gasteiger partial charge in [0.05, 0.1) is 15.6 Å². The summed E-state index contributed by atoms with van der Waals surface area (Å²) in [5.74, 6) is 0. The minimum absolute atomic E-state index is 0.103. The second kappa shape index (κ2) is 6.72. The normalized spacial score (nSPS) is 19.3. The van der Waals surface area contributed by atoms with Crippen molar-refractivity contribution in [1.82, 2.24) is 10.2 Å². The Bertz CT molecular complexity index is 613. The first-order valence-corrected chi connectivity index (χ1v) is 8.16. The average molecular weight is 339 g/mol. The molecule has 0 bridgehead atoms. The highest BCUT2D eigenvalue weighted by molar-refractivity contribution is 6.33. The molecule has 1 aliphatic heterocycles. The van der Waals surface area contributed by atoms with E-state index in [-0.39, 0.29) is 22.8 Å². The van der Waals surface area contributed by atoms with Gasteiger partial charge in [0.15, 0.2) is 0 Å². The summed E-state index contributed by atoms with van der Waals surface area (Å²) in [6.45, 7) is 2.04. The molecule has 2 fully saturated rings. The van der Waals surface area contributed by atoms with Crippen molar-refractivity contribution in [3.05, 3.63) is 33.3 Å². The van der Waals surface area contributed by atoms with Crippen molar-refractivity contribution in [1.29, 1.82) is 0 Å². The number of nitrogens with one attached hydrogen (secondary N) is 2. The Morgan fingerprint density at radius 2 is 1.96 bits per heavy atom. The van der Waals surface area contributed by atoms with Crippen LogP contribution in [0.2, 0.25) is 5.02 Å². The lowest BCUT2D eigenvalue weighted by atomic mass is 10.1. The molecule has 23 heavy (non-hydrogen) atoms. The van der Waals surface area contributed by atoms with E-state index in [2.05, 4.69) is 15.5 Å². The summed E-state index contributed by atoms with van der Waals surface area (Å²) < 4.78 is 0. The Hall–Kier alpha value is -1.86. The molecule has 0 atom stereocenters. The number of hydrogen-bond acceptors (Lipinski definition) is 4. The fourth-order valence-corrected chi connectivity index (χ4v) is 3.13. The number of non-ortho nitro benzene ring substituents is 1. The van der Waals surface area contributed by atoms with E-state index in [0.29, 0.717) is 5.69 Å². The largest absolute Gasteiger partial charge is 0.335 e. The average Bonchev–Trinajstić information content (AvgIpc) is 3.34. The number of likely N-dealkylation sites (tertiary alicyclic amines) is 1. The van der Waals surface area contributed by atoms with Crippen LogP contribution >= 0.6 is 11.6 Å². The van der Waals surface area contributed by atoms with Crippen molar-refractivity contribution in [2.24, 2.45) is 0 Å². The Morgan fingerprint density at radius 3 is 2.52 bits per heavy atom. The maximum atomic E-state index is 12.1. The van der Waals surface area contributed by atoms with E-state index in [4.69, 9.17) is 11.6 Å². The van der Waals surface area contributed by atoms with E-state index in [0.717, 1.165) is 32.0 Å². The number of halogens is 1. The second-order valence-electron chi connectivity index (χ2n) is 6.06. The number of nitro benzene ring substituents is 1. The van der Waals surface area contributed by atoms with E-state index in [9.17, 15) is 14.9 Å². The molecule has 1 saturated heterocycles. The predicted octanol–water partition coefficient (Wildman–Crippen LogP) is 3.00. The Morgan fingerprint density at radius 1 is 1.26 bits per heavy atom. The van der Waals surface area contributed by atoms with Gasteiger partial charge < -0.3 is 15.5 Å². The van der Waals surface area contributed by atoms with Crippen LogP contribution in [-0.2, 0) is 0 Å². The summed E-state index contributed by atoms with van der Waals surface area (Å²) in [6.07, 6.45) is 4.49. The zero-order chi connectivity index (χ0) is 16.4. The highest BCUT2D eigenvalue weighted by atomic mass is 35.5. The SMILES string of the molecule is O=C(Nc1ccc([N+](=O)[O-])cc1Cl)NC1CCN(C2CC2)CC1. The number of anilines is 1. The van der Waals surface area contributed by atoms with Crippen LogP contribution in [0.15, 0.2) is 18.2 Å². The molecule has 1 aromatic rings. The molecule has 0 spiro atoms. The van der Waals surface area contributed by atoms with Gasteiger partial charge in [-0.05, 0) is 31.7 Å². The topological polar surface area (TPSA) is 87.5 Å². The Labute approximate surface area is 139 Å². The van der Waals surface area contributed by atoms with Gasteiger partial charge in [0.25, 0.3) is 5.69 Å². The van der Waals surface area contributed by atoms with Crippen LogP contribution in [0.1, 0.15) is 25.7 Å². The van der Waals surface area contributed by atoms with Gasteiger partial charge in [-0.3, -0.25) is 10.1 Å². The lowest BCUT2D eigenvalue weighted by molar-refractivity contribution is -0.384. The molecule has 1 heterocycles. The van der Waals surface area contributed by atoms with E-state index in [1.807, 2.05) is 0 Å². The Kier molecular flexibility index (Phi) is 4.68. The monoisotopic (exact) mass is 338 g/mol. The van der Waals surface area contributed by atoms with E-state index in [1.165, 1.54) is 31.0 Å². The summed E-state index contributed by atoms with van der Waals surface area (Å²) in [7, 11) is 0. The molecule has 0 aromatic heterocycles. The molecule has 1 aromatic carbocycles. The van der Waals surface area contributed by atoms with Crippen LogP contribution in [0, 0.1) is 10.1 Å². The third-order valence-electron chi connectivity index (χ3n) is 4.34. The number of carbonyl (C=O) groups excluding carboxylic acids is 1. The van der Waals surface area contributed by atoms with E-state index >= 15 is 0 Å². The van der Waals surface area contributed by atoms with Gasteiger partial charge in [-0.25, -0.2) is 4.79 Å². The standard InChI is InChI=1S/C15H19ClN4O3/c16-13-9-12(20(22)23)3-4-14(13)18-15(21)17-10-5-7-19(8-6-10)11-1-2-11/h3-4,9-11H,1-2,5-8H2,(H2,17,18,21). The molecule has 2 aliphatic rings. The number of nitro groups is 1. The summed E-state index contributed by atoms with van der Waals surface area (Å²) in [4.78, 5) is 24.7. The zero-order valence-electron chi connectivity index (χ0n) is 12.6. The number of nitrogens with zero attached hydrogens (tertiary/aromatic N) is 2. The van der Waals surface area contributed by atoms with Crippen LogP contribution < -0.4 is 10.6 Å². The van der Waals surface area contributed by atoms with Crippen molar-refractivity contribution in [2.75, 3.05) is 18.4 Å². The summed E-state index contributed by atoms with van der Waals surface area (Å²) in [5.41, 5.74) is 0.263. The van der Waals surface area contributed by atoms with Crippen molar-refractivity contribution in [3.8, 4) is 0 Å². The van der Waals surface area contributed by atoms with Gasteiger partial charge in [0, 0.05) is 37.3 Å². The summed E-state index contributed by atoms with van der Waals surface area (Å²) in [5, 5.41) is 16.4. The Balaban J connectivity index is 1.50. The van der Waals surface area contributed by atoms with E-state index < -0.39 is 4.92 Å². The third-order valence-corrected chi connectivity index (χ3v) is 4.65. The van der Waals surface area contributed by atoms with Gasteiger partial charge in [-0.2, -0.15) is 0 Å². The minimum Gasteiger partial charge on any atom is -0.335 e. The van der Waals surface area contributed by atoms with Gasteiger partial charge in [0.2, 0.25) is 0 Å². The van der Waals surface area contributed by atoms with Crippen LogP contribution in [-0.4, -0.2) is 41.0 Å². The molecule has 8 heteroatoms. The zero-order valence-corrected chi connectivity index (χ0v) is 13.4. The number of hydrogen-bond donors (Lipinski definition) is 2. The lowest BCUT2D eigenvalue weighted by Gasteiger charge is -2.32. The first-order valence-electron chi connectivity index (χ1n) is 7.78. The molecule has 1 aliphatic carbocycles. The van der Waals surface area contributed by atoms with Crippen LogP contribution in [0.3, 0.4) is 0 Å². The predicted molar refractivity (Wildman–Crippen MR) is 87.9 cm³/mol. The first kappa shape index (κ1) is 16.0. The molecular weight excluding hydrogens is 320 g/mol. The lowest BCUT2D eigenvalue weighted by Crippen LogP contribution is -2.46. The van der Waals surface area contributed by atoms with Gasteiger partial charge in [-0.15, -0.1) is 0 Å². The molecule has 124 valence electrons. The number of rotatable bonds is 4. The van der Waals surface area contributed by atoms with Crippen LogP contribution in [0.5, 0.6) is 0 Å². The highest BCUT2D eigenvalue weighted by Crippen LogP contribution is 2.29. The van der Waals surface area contributed by atoms with Crippen molar-refractivity contribution in [3.63, 3.8) is 0 Å². The maximum Gasteiger partial charge on any atom is 0.319 e. The fraction of sp³-hybridized carbons (Fsp3) is 0.533. The molecule has 3 rings (SSSR count). The molecule has 7 nitrogen and oxygen atoms in total. The summed E-state index contributed by atoms with van der Waals surface area (Å²) in [6, 6.07) is 4.58. The molecule has 2 amide bonds. The van der Waals surface area contributed by atoms with Crippen molar-refractivity contribution >= 4 is 29.0 Å². The number of amides is 2. The van der Waals surface area contributed by atoms with Gasteiger partial charge in [0.1, 0.15) is 0 Å². The quantitative estimate of drug-likeness (QED) is 0.652. The van der Waals surface area contributed by atoms with Crippen molar-refractivity contribution < 1.29 is 9.72 Å². The van der Waals surface area contributed by atoms with E-state index in [1.54, 1.807) is 0 Å². The smallest absolute Gasteiger partial charge is 0.319 e. The number of piperidine rings is 1. The molecule has 0 unspecified atom stereocenters. The number of benzene rings is 1. The van der Waals surface area contributed by atoms with Gasteiger partial charge >= 0.3 is 6.03 Å². The van der Waals surface area contributed by atoms with Crippen LogP contribution in [0.4, 0.5) is 16.2 Å².